The monoisotopic (exact) mass is 404 g/mol. The van der Waals surface area contributed by atoms with Crippen molar-refractivity contribution in [2.45, 2.75) is 64.4 Å². The molecule has 0 aliphatic carbocycles. The number of amides is 2. The van der Waals surface area contributed by atoms with Gasteiger partial charge >= 0.3 is 6.09 Å². The second kappa shape index (κ2) is 8.61. The number of para-hydroxylation sites is 1. The van der Waals surface area contributed by atoms with E-state index in [9.17, 15) is 9.59 Å². The van der Waals surface area contributed by atoms with Crippen LogP contribution in [-0.4, -0.2) is 66.4 Å². The van der Waals surface area contributed by atoms with Crippen molar-refractivity contribution in [3.05, 3.63) is 29.8 Å². The molecule has 2 aliphatic rings. The van der Waals surface area contributed by atoms with Gasteiger partial charge in [0, 0.05) is 25.2 Å². The number of hydrogen-bond donors (Lipinski definition) is 0. The van der Waals surface area contributed by atoms with Crippen LogP contribution in [0.5, 0.6) is 5.75 Å². The number of carbonyl (C=O) groups is 2. The summed E-state index contributed by atoms with van der Waals surface area (Å²) in [5, 5.41) is 0. The lowest BCUT2D eigenvalue weighted by Crippen LogP contribution is -2.55. The molecule has 1 aromatic rings. The van der Waals surface area contributed by atoms with E-state index in [1.165, 1.54) is 0 Å². The highest BCUT2D eigenvalue weighted by atomic mass is 16.6. The quantitative estimate of drug-likeness (QED) is 0.773. The van der Waals surface area contributed by atoms with Crippen LogP contribution in [0.25, 0.3) is 0 Å². The summed E-state index contributed by atoms with van der Waals surface area (Å²) in [6.07, 6.45) is 0.917. The zero-order valence-electron chi connectivity index (χ0n) is 18.0. The Labute approximate surface area is 172 Å². The molecule has 2 aliphatic heterocycles. The molecular formula is C22H32N2O5. The standard InChI is InChI=1S/C22H32N2O5/c1-15-10-11-19(28-15)20(25)24-13-12-23(21(26)29-22(2,3)4)14-17(24)16-8-6-7-9-18(16)27-5/h6-9,15,17,19H,10-14H2,1-5H3/t15-,17-,19+/m0/s1. The second-order valence-electron chi connectivity index (χ2n) is 8.73. The van der Waals surface area contributed by atoms with Crippen molar-refractivity contribution in [1.29, 1.82) is 0 Å². The summed E-state index contributed by atoms with van der Waals surface area (Å²) in [5.41, 5.74) is 0.306. The Hall–Kier alpha value is -2.28. The van der Waals surface area contributed by atoms with Crippen molar-refractivity contribution in [3.63, 3.8) is 0 Å². The largest absolute Gasteiger partial charge is 0.496 e. The Morgan fingerprint density at radius 3 is 2.48 bits per heavy atom. The summed E-state index contributed by atoms with van der Waals surface area (Å²) in [5.74, 6) is 0.677. The molecule has 2 heterocycles. The van der Waals surface area contributed by atoms with Crippen LogP contribution in [-0.2, 0) is 14.3 Å². The van der Waals surface area contributed by atoms with E-state index in [-0.39, 0.29) is 24.1 Å². The Morgan fingerprint density at radius 2 is 1.86 bits per heavy atom. The molecule has 3 rings (SSSR count). The van der Waals surface area contributed by atoms with E-state index >= 15 is 0 Å². The number of piperazine rings is 1. The maximum Gasteiger partial charge on any atom is 0.410 e. The van der Waals surface area contributed by atoms with Gasteiger partial charge in [-0.2, -0.15) is 0 Å². The first-order valence-corrected chi connectivity index (χ1v) is 10.3. The van der Waals surface area contributed by atoms with Crippen LogP contribution in [0.15, 0.2) is 24.3 Å². The number of nitrogens with zero attached hydrogens (tertiary/aromatic N) is 2. The minimum atomic E-state index is -0.572. The zero-order chi connectivity index (χ0) is 21.2. The molecule has 0 unspecified atom stereocenters. The normalized spacial score (nSPS) is 25.1. The maximum atomic E-state index is 13.3. The van der Waals surface area contributed by atoms with Crippen molar-refractivity contribution < 1.29 is 23.8 Å². The third-order valence-electron chi connectivity index (χ3n) is 5.32. The van der Waals surface area contributed by atoms with Gasteiger partial charge in [-0.05, 0) is 46.6 Å². The molecule has 1 aromatic carbocycles. The average molecular weight is 405 g/mol. The van der Waals surface area contributed by atoms with Gasteiger partial charge in [-0.15, -0.1) is 0 Å². The van der Waals surface area contributed by atoms with Crippen LogP contribution in [0.3, 0.4) is 0 Å². The Balaban J connectivity index is 1.86. The van der Waals surface area contributed by atoms with Crippen molar-refractivity contribution in [2.75, 3.05) is 26.7 Å². The van der Waals surface area contributed by atoms with E-state index < -0.39 is 11.7 Å². The van der Waals surface area contributed by atoms with Gasteiger partial charge in [-0.3, -0.25) is 4.79 Å². The highest BCUT2D eigenvalue weighted by Crippen LogP contribution is 2.34. The molecule has 7 heteroatoms. The summed E-state index contributed by atoms with van der Waals surface area (Å²) in [6, 6.07) is 7.31. The summed E-state index contributed by atoms with van der Waals surface area (Å²) >= 11 is 0. The Kier molecular flexibility index (Phi) is 6.36. The number of methoxy groups -OCH3 is 1. The Morgan fingerprint density at radius 1 is 1.14 bits per heavy atom. The van der Waals surface area contributed by atoms with Gasteiger partial charge in [0.05, 0.1) is 19.3 Å². The minimum Gasteiger partial charge on any atom is -0.496 e. The van der Waals surface area contributed by atoms with Gasteiger partial charge in [0.2, 0.25) is 0 Å². The van der Waals surface area contributed by atoms with E-state index in [0.717, 1.165) is 18.4 Å². The summed E-state index contributed by atoms with van der Waals surface area (Å²) in [7, 11) is 1.61. The van der Waals surface area contributed by atoms with Gasteiger partial charge in [0.1, 0.15) is 17.5 Å². The van der Waals surface area contributed by atoms with E-state index in [4.69, 9.17) is 14.2 Å². The van der Waals surface area contributed by atoms with Gasteiger partial charge in [0.15, 0.2) is 0 Å². The first-order valence-electron chi connectivity index (χ1n) is 10.3. The van der Waals surface area contributed by atoms with E-state index in [0.29, 0.717) is 25.4 Å². The first kappa shape index (κ1) is 21.4. The average Bonchev–Trinajstić information content (AvgIpc) is 3.12. The second-order valence-corrected chi connectivity index (χ2v) is 8.73. The zero-order valence-corrected chi connectivity index (χ0v) is 18.0. The molecule has 7 nitrogen and oxygen atoms in total. The molecule has 160 valence electrons. The SMILES string of the molecule is COc1ccccc1[C@@H]1CN(C(=O)OC(C)(C)C)CCN1C(=O)[C@H]1CC[C@H](C)O1. The van der Waals surface area contributed by atoms with Gasteiger partial charge in [-0.1, -0.05) is 18.2 Å². The van der Waals surface area contributed by atoms with Crippen LogP contribution in [0.1, 0.15) is 52.1 Å². The number of ether oxygens (including phenoxy) is 3. The third-order valence-corrected chi connectivity index (χ3v) is 5.32. The smallest absolute Gasteiger partial charge is 0.410 e. The minimum absolute atomic E-state index is 0.0194. The molecule has 0 bridgehead atoms. The van der Waals surface area contributed by atoms with Crippen molar-refractivity contribution in [1.82, 2.24) is 9.80 Å². The fourth-order valence-electron chi connectivity index (χ4n) is 3.92. The topological polar surface area (TPSA) is 68.3 Å². The molecule has 0 aromatic heterocycles. The molecular weight excluding hydrogens is 372 g/mol. The van der Waals surface area contributed by atoms with E-state index in [1.54, 1.807) is 12.0 Å². The lowest BCUT2D eigenvalue weighted by atomic mass is 10.00. The number of rotatable bonds is 3. The first-order chi connectivity index (χ1) is 13.7. The van der Waals surface area contributed by atoms with Crippen LogP contribution in [0.2, 0.25) is 0 Å². The summed E-state index contributed by atoms with van der Waals surface area (Å²) in [6.45, 7) is 8.74. The highest BCUT2D eigenvalue weighted by molar-refractivity contribution is 5.82. The van der Waals surface area contributed by atoms with Gasteiger partial charge < -0.3 is 24.0 Å². The van der Waals surface area contributed by atoms with Gasteiger partial charge in [0.25, 0.3) is 5.91 Å². The Bertz CT molecular complexity index is 745. The van der Waals surface area contributed by atoms with Crippen LogP contribution < -0.4 is 4.74 Å². The van der Waals surface area contributed by atoms with Crippen LogP contribution in [0, 0.1) is 0 Å². The molecule has 0 spiro atoms. The fourth-order valence-corrected chi connectivity index (χ4v) is 3.92. The molecule has 29 heavy (non-hydrogen) atoms. The summed E-state index contributed by atoms with van der Waals surface area (Å²) in [4.78, 5) is 29.4. The maximum absolute atomic E-state index is 13.3. The third kappa shape index (κ3) is 5.01. The van der Waals surface area contributed by atoms with E-state index in [2.05, 4.69) is 0 Å². The molecule has 0 saturated carbocycles. The summed E-state index contributed by atoms with van der Waals surface area (Å²) < 4.78 is 16.9. The molecule has 0 radical (unpaired) electrons. The van der Waals surface area contributed by atoms with E-state index in [1.807, 2.05) is 56.9 Å². The molecule has 3 atom stereocenters. The molecule has 0 N–H and O–H groups in total. The number of benzene rings is 1. The van der Waals surface area contributed by atoms with Crippen molar-refractivity contribution >= 4 is 12.0 Å². The molecule has 2 saturated heterocycles. The van der Waals surface area contributed by atoms with Crippen LogP contribution in [0.4, 0.5) is 4.79 Å². The fraction of sp³-hybridized carbons (Fsp3) is 0.636. The number of hydrogen-bond acceptors (Lipinski definition) is 5. The predicted molar refractivity (Wildman–Crippen MR) is 109 cm³/mol. The van der Waals surface area contributed by atoms with Gasteiger partial charge in [-0.25, -0.2) is 4.79 Å². The predicted octanol–water partition coefficient (Wildman–Crippen LogP) is 3.38. The lowest BCUT2D eigenvalue weighted by molar-refractivity contribution is -0.148. The van der Waals surface area contributed by atoms with Crippen molar-refractivity contribution in [2.24, 2.45) is 0 Å². The molecule has 2 amide bonds. The number of carbonyl (C=O) groups excluding carboxylic acids is 2. The van der Waals surface area contributed by atoms with Crippen LogP contribution >= 0.6 is 0 Å². The molecule has 2 fully saturated rings. The highest BCUT2D eigenvalue weighted by Gasteiger charge is 2.40. The van der Waals surface area contributed by atoms with Crippen molar-refractivity contribution in [3.8, 4) is 5.75 Å². The lowest BCUT2D eigenvalue weighted by Gasteiger charge is -2.42.